The first kappa shape index (κ1) is 29.5. The SMILES string of the molecule is CC(=O)O[C@@H]1C2=C(C)C(=O)C[C@@](O)([C@@H](OC(C)=O)[C@H]3[C@@](C)(CC[C@H](O)[C@@]3(O)CCl)[C@H]1OC(C)=O)C2(C)C. The molecule has 3 N–H and O–H groups in total. The minimum atomic E-state index is -2.14. The molecule has 0 saturated heterocycles. The van der Waals surface area contributed by atoms with Gasteiger partial charge in [-0.05, 0) is 30.9 Å². The number of alkyl halides is 1. The molecule has 10 nitrogen and oxygen atoms in total. The van der Waals surface area contributed by atoms with E-state index in [-0.39, 0.29) is 24.0 Å². The fraction of sp³-hybridized carbons (Fsp3) is 0.769. The number of ketones is 1. The van der Waals surface area contributed by atoms with Gasteiger partial charge in [0.15, 0.2) is 11.9 Å². The van der Waals surface area contributed by atoms with Crippen molar-refractivity contribution < 1.29 is 48.7 Å². The lowest BCUT2D eigenvalue weighted by Gasteiger charge is -2.64. The van der Waals surface area contributed by atoms with Crippen LogP contribution in [0.2, 0.25) is 0 Å². The molecule has 3 aliphatic carbocycles. The molecule has 11 heteroatoms. The van der Waals surface area contributed by atoms with Crippen LogP contribution in [-0.2, 0) is 33.4 Å². The predicted molar refractivity (Wildman–Crippen MR) is 130 cm³/mol. The summed E-state index contributed by atoms with van der Waals surface area (Å²) in [5.41, 5.74) is -6.56. The van der Waals surface area contributed by atoms with E-state index >= 15 is 0 Å². The quantitative estimate of drug-likeness (QED) is 0.270. The van der Waals surface area contributed by atoms with Crippen molar-refractivity contribution in [2.75, 3.05) is 5.88 Å². The van der Waals surface area contributed by atoms with Gasteiger partial charge in [0.2, 0.25) is 0 Å². The smallest absolute Gasteiger partial charge is 0.303 e. The Morgan fingerprint density at radius 3 is 1.97 bits per heavy atom. The Kier molecular flexibility index (Phi) is 7.69. The molecule has 0 radical (unpaired) electrons. The second-order valence-electron chi connectivity index (χ2n) is 11.4. The number of hydrogen-bond donors (Lipinski definition) is 3. The van der Waals surface area contributed by atoms with Gasteiger partial charge in [-0.1, -0.05) is 20.8 Å². The highest BCUT2D eigenvalue weighted by molar-refractivity contribution is 6.18. The number of ether oxygens (including phenoxy) is 3. The van der Waals surface area contributed by atoms with Gasteiger partial charge in [-0.25, -0.2) is 0 Å². The third-order valence-electron chi connectivity index (χ3n) is 8.87. The van der Waals surface area contributed by atoms with Gasteiger partial charge >= 0.3 is 17.9 Å². The van der Waals surface area contributed by atoms with Gasteiger partial charge in [0.1, 0.15) is 23.4 Å². The Labute approximate surface area is 221 Å². The van der Waals surface area contributed by atoms with Crippen molar-refractivity contribution in [2.45, 2.75) is 103 Å². The van der Waals surface area contributed by atoms with Crippen molar-refractivity contribution >= 4 is 35.3 Å². The van der Waals surface area contributed by atoms with E-state index in [2.05, 4.69) is 0 Å². The van der Waals surface area contributed by atoms with Crippen molar-refractivity contribution in [3.63, 3.8) is 0 Å². The van der Waals surface area contributed by atoms with Crippen molar-refractivity contribution in [3.05, 3.63) is 11.1 Å². The molecule has 0 aromatic rings. The van der Waals surface area contributed by atoms with Gasteiger partial charge < -0.3 is 29.5 Å². The molecule has 0 aliphatic heterocycles. The van der Waals surface area contributed by atoms with Crippen LogP contribution in [0.25, 0.3) is 0 Å². The highest BCUT2D eigenvalue weighted by Gasteiger charge is 2.73. The molecule has 0 heterocycles. The molecule has 3 aliphatic rings. The second-order valence-corrected chi connectivity index (χ2v) is 11.7. The number of fused-ring (bicyclic) bond motifs is 3. The van der Waals surface area contributed by atoms with Crippen LogP contribution >= 0.6 is 11.6 Å². The minimum Gasteiger partial charge on any atom is -0.459 e. The van der Waals surface area contributed by atoms with E-state index < -0.39 is 88.4 Å². The molecule has 0 amide bonds. The maximum absolute atomic E-state index is 13.3. The Balaban J connectivity index is 2.53. The summed E-state index contributed by atoms with van der Waals surface area (Å²) in [6, 6.07) is 0. The lowest BCUT2D eigenvalue weighted by atomic mass is 9.46. The Hall–Kier alpha value is -2.01. The minimum absolute atomic E-state index is 0.0202. The summed E-state index contributed by atoms with van der Waals surface area (Å²) in [5, 5.41) is 35.3. The fourth-order valence-electron chi connectivity index (χ4n) is 7.00. The van der Waals surface area contributed by atoms with Gasteiger partial charge in [0, 0.05) is 43.9 Å². The molecular weight excluding hydrogens is 508 g/mol. The maximum atomic E-state index is 13.3. The molecule has 2 fully saturated rings. The molecule has 3 rings (SSSR count). The lowest BCUT2D eigenvalue weighted by molar-refractivity contribution is -0.284. The van der Waals surface area contributed by atoms with E-state index in [1.54, 1.807) is 27.7 Å². The second kappa shape index (κ2) is 9.63. The summed E-state index contributed by atoms with van der Waals surface area (Å²) in [6.45, 7) is 9.88. The van der Waals surface area contributed by atoms with E-state index in [4.69, 9.17) is 25.8 Å². The van der Waals surface area contributed by atoms with Crippen LogP contribution in [0.15, 0.2) is 11.1 Å². The molecular formula is C26H37ClO10. The van der Waals surface area contributed by atoms with Crippen LogP contribution in [0.4, 0.5) is 0 Å². The number of rotatable bonds is 4. The van der Waals surface area contributed by atoms with Gasteiger partial charge in [-0.15, -0.1) is 11.6 Å². The van der Waals surface area contributed by atoms with Crippen LogP contribution in [0.1, 0.15) is 67.7 Å². The van der Waals surface area contributed by atoms with Crippen molar-refractivity contribution in [1.29, 1.82) is 0 Å². The summed E-state index contributed by atoms with van der Waals surface area (Å²) >= 11 is 6.27. The Bertz CT molecular complexity index is 1040. The largest absolute Gasteiger partial charge is 0.459 e. The number of aliphatic hydroxyl groups is 3. The van der Waals surface area contributed by atoms with Crippen molar-refractivity contribution in [2.24, 2.45) is 16.7 Å². The predicted octanol–water partition coefficient (Wildman–Crippen LogP) is 1.59. The standard InChI is InChI=1S/C26H37ClO10/c1-12-16(31)10-26(34)22(37-15(4)30)20-24(7,9-8-17(32)25(20,33)11-27)21(36-14(3)29)19(35-13(2)28)18(12)23(26,5)6/h17,19-22,32-34H,8-11H2,1-7H3/t17-,19+,20-,21-,22-,24+,25-,26+/m0/s1. The van der Waals surface area contributed by atoms with Crippen LogP contribution in [0, 0.1) is 16.7 Å². The van der Waals surface area contributed by atoms with Crippen LogP contribution in [0.3, 0.4) is 0 Å². The monoisotopic (exact) mass is 544 g/mol. The van der Waals surface area contributed by atoms with Crippen LogP contribution in [-0.4, -0.2) is 80.5 Å². The van der Waals surface area contributed by atoms with E-state index in [0.717, 1.165) is 6.92 Å². The zero-order chi connectivity index (χ0) is 28.3. The highest BCUT2D eigenvalue weighted by atomic mass is 35.5. The summed E-state index contributed by atoms with van der Waals surface area (Å²) in [4.78, 5) is 50.6. The lowest BCUT2D eigenvalue weighted by Crippen LogP contribution is -2.76. The molecule has 0 unspecified atom stereocenters. The van der Waals surface area contributed by atoms with E-state index in [1.165, 1.54) is 13.8 Å². The third kappa shape index (κ3) is 4.39. The van der Waals surface area contributed by atoms with E-state index in [9.17, 15) is 34.5 Å². The maximum Gasteiger partial charge on any atom is 0.303 e. The van der Waals surface area contributed by atoms with Gasteiger partial charge in [0.05, 0.1) is 12.0 Å². The summed E-state index contributed by atoms with van der Waals surface area (Å²) < 4.78 is 17.3. The molecule has 0 aromatic carbocycles. The molecule has 8 atom stereocenters. The number of allylic oxidation sites excluding steroid dienone is 1. The molecule has 0 spiro atoms. The summed E-state index contributed by atoms with van der Waals surface area (Å²) in [5.74, 6) is -4.61. The number of aliphatic hydroxyl groups excluding tert-OH is 1. The van der Waals surface area contributed by atoms with Crippen LogP contribution in [0.5, 0.6) is 0 Å². The highest BCUT2D eigenvalue weighted by Crippen LogP contribution is 2.62. The number of carbonyl (C=O) groups is 4. The van der Waals surface area contributed by atoms with Gasteiger partial charge in [-0.3, -0.25) is 19.2 Å². The number of halogens is 1. The number of carbonyl (C=O) groups excluding carboxylic acids is 4. The zero-order valence-corrected chi connectivity index (χ0v) is 23.0. The normalized spacial score (nSPS) is 41.2. The Morgan fingerprint density at radius 2 is 1.49 bits per heavy atom. The third-order valence-corrected chi connectivity index (χ3v) is 9.29. The first-order chi connectivity index (χ1) is 16.9. The molecule has 2 saturated carbocycles. The van der Waals surface area contributed by atoms with E-state index in [1.807, 2.05) is 0 Å². The topological polar surface area (TPSA) is 157 Å². The zero-order valence-electron chi connectivity index (χ0n) is 22.3. The fourth-order valence-corrected chi connectivity index (χ4v) is 7.34. The van der Waals surface area contributed by atoms with Gasteiger partial charge in [0.25, 0.3) is 0 Å². The summed E-state index contributed by atoms with van der Waals surface area (Å²) in [7, 11) is 0. The molecule has 0 aromatic heterocycles. The first-order valence-corrected chi connectivity index (χ1v) is 12.9. The first-order valence-electron chi connectivity index (χ1n) is 12.3. The number of esters is 3. The molecule has 37 heavy (non-hydrogen) atoms. The van der Waals surface area contributed by atoms with Crippen molar-refractivity contribution in [1.82, 2.24) is 0 Å². The Morgan fingerprint density at radius 1 is 0.973 bits per heavy atom. The average Bonchev–Trinajstić information content (AvgIpc) is 2.76. The number of hydrogen-bond acceptors (Lipinski definition) is 10. The van der Waals surface area contributed by atoms with Gasteiger partial charge in [-0.2, -0.15) is 0 Å². The number of Topliss-reactive ketones (excluding diaryl/α,β-unsaturated/α-hetero) is 1. The van der Waals surface area contributed by atoms with Crippen LogP contribution < -0.4 is 0 Å². The van der Waals surface area contributed by atoms with E-state index in [0.29, 0.717) is 0 Å². The van der Waals surface area contributed by atoms with Crippen molar-refractivity contribution in [3.8, 4) is 0 Å². The average molecular weight is 545 g/mol. The molecule has 208 valence electrons. The molecule has 2 bridgehead atoms. The summed E-state index contributed by atoms with van der Waals surface area (Å²) in [6.07, 6.45) is -5.92.